The van der Waals surface area contributed by atoms with Gasteiger partial charge >= 0.3 is 5.97 Å². The van der Waals surface area contributed by atoms with Crippen molar-refractivity contribution in [1.82, 2.24) is 4.90 Å². The van der Waals surface area contributed by atoms with Gasteiger partial charge in [0.1, 0.15) is 6.04 Å². The Morgan fingerprint density at radius 1 is 1.33 bits per heavy atom. The van der Waals surface area contributed by atoms with Crippen molar-refractivity contribution < 1.29 is 14.7 Å². The molecular formula is C12H20N2O3S. The van der Waals surface area contributed by atoms with Crippen LogP contribution in [0.1, 0.15) is 25.7 Å². The quantitative estimate of drug-likeness (QED) is 0.791. The molecule has 5 nitrogen and oxygen atoms in total. The number of carbonyl (C=O) groups excluding carboxylic acids is 1. The number of nitrogens with zero attached hydrogens (tertiary/aromatic N) is 1. The van der Waals surface area contributed by atoms with Crippen LogP contribution in [0.25, 0.3) is 0 Å². The summed E-state index contributed by atoms with van der Waals surface area (Å²) >= 11 is 1.51. The van der Waals surface area contributed by atoms with Crippen LogP contribution in [0.4, 0.5) is 0 Å². The Kier molecular flexibility index (Phi) is 4.50. The first-order chi connectivity index (χ1) is 8.65. The number of carbonyl (C=O) groups is 2. The fourth-order valence-electron chi connectivity index (χ4n) is 2.89. The van der Waals surface area contributed by atoms with Crippen LogP contribution in [-0.2, 0) is 9.59 Å². The minimum absolute atomic E-state index is 0.00236. The number of aliphatic carboxylic acids is 1. The SMILES string of the molecule is NCC1CCCCC1C(=O)N1CSC[C@H]1C(=O)O. The topological polar surface area (TPSA) is 83.6 Å². The highest BCUT2D eigenvalue weighted by atomic mass is 32.2. The highest BCUT2D eigenvalue weighted by Crippen LogP contribution is 2.33. The zero-order valence-electron chi connectivity index (χ0n) is 10.4. The third kappa shape index (κ3) is 2.64. The van der Waals surface area contributed by atoms with Crippen molar-refractivity contribution in [2.75, 3.05) is 18.2 Å². The Morgan fingerprint density at radius 2 is 2.06 bits per heavy atom. The molecule has 18 heavy (non-hydrogen) atoms. The normalized spacial score (nSPS) is 32.5. The molecule has 1 saturated heterocycles. The van der Waals surface area contributed by atoms with E-state index in [-0.39, 0.29) is 17.7 Å². The van der Waals surface area contributed by atoms with E-state index in [4.69, 9.17) is 10.8 Å². The second kappa shape index (κ2) is 5.93. The summed E-state index contributed by atoms with van der Waals surface area (Å²) in [5.41, 5.74) is 5.73. The number of rotatable bonds is 3. The molecule has 0 bridgehead atoms. The van der Waals surface area contributed by atoms with E-state index in [0.717, 1.165) is 25.7 Å². The van der Waals surface area contributed by atoms with Gasteiger partial charge in [-0.1, -0.05) is 12.8 Å². The summed E-state index contributed by atoms with van der Waals surface area (Å²) < 4.78 is 0. The zero-order chi connectivity index (χ0) is 13.1. The lowest BCUT2D eigenvalue weighted by molar-refractivity contribution is -0.150. The fraction of sp³-hybridized carbons (Fsp3) is 0.833. The average molecular weight is 272 g/mol. The minimum atomic E-state index is -0.895. The number of nitrogens with two attached hydrogens (primary N) is 1. The Bertz CT molecular complexity index is 337. The largest absolute Gasteiger partial charge is 0.480 e. The van der Waals surface area contributed by atoms with Crippen molar-refractivity contribution in [2.24, 2.45) is 17.6 Å². The highest BCUT2D eigenvalue weighted by Gasteiger charge is 2.40. The van der Waals surface area contributed by atoms with Gasteiger partial charge in [-0.05, 0) is 25.3 Å². The lowest BCUT2D eigenvalue weighted by Crippen LogP contribution is -2.47. The van der Waals surface area contributed by atoms with E-state index < -0.39 is 12.0 Å². The predicted octanol–water partition coefficient (Wildman–Crippen LogP) is 0.738. The molecule has 0 aromatic rings. The van der Waals surface area contributed by atoms with Crippen molar-refractivity contribution >= 4 is 23.6 Å². The van der Waals surface area contributed by atoms with Crippen LogP contribution >= 0.6 is 11.8 Å². The summed E-state index contributed by atoms with van der Waals surface area (Å²) in [6.07, 6.45) is 4.02. The molecule has 2 rings (SSSR count). The molecule has 2 fully saturated rings. The van der Waals surface area contributed by atoms with E-state index in [1.54, 1.807) is 0 Å². The average Bonchev–Trinajstić information content (AvgIpc) is 2.87. The van der Waals surface area contributed by atoms with Gasteiger partial charge in [-0.25, -0.2) is 4.79 Å². The molecule has 1 aliphatic carbocycles. The van der Waals surface area contributed by atoms with E-state index in [0.29, 0.717) is 18.2 Å². The molecule has 3 N–H and O–H groups in total. The Morgan fingerprint density at radius 3 is 2.72 bits per heavy atom. The number of hydrogen-bond acceptors (Lipinski definition) is 4. The first-order valence-electron chi connectivity index (χ1n) is 6.46. The van der Waals surface area contributed by atoms with Gasteiger partial charge in [0.05, 0.1) is 5.88 Å². The van der Waals surface area contributed by atoms with E-state index >= 15 is 0 Å². The number of carboxylic acid groups (broad SMARTS) is 1. The number of carboxylic acids is 1. The number of hydrogen-bond donors (Lipinski definition) is 2. The first-order valence-corrected chi connectivity index (χ1v) is 7.61. The lowest BCUT2D eigenvalue weighted by Gasteiger charge is -2.33. The van der Waals surface area contributed by atoms with Crippen LogP contribution in [0.3, 0.4) is 0 Å². The smallest absolute Gasteiger partial charge is 0.327 e. The molecule has 2 aliphatic rings. The van der Waals surface area contributed by atoms with E-state index in [1.807, 2.05) is 0 Å². The molecule has 1 aliphatic heterocycles. The predicted molar refractivity (Wildman–Crippen MR) is 70.1 cm³/mol. The van der Waals surface area contributed by atoms with Crippen molar-refractivity contribution in [2.45, 2.75) is 31.7 Å². The van der Waals surface area contributed by atoms with Gasteiger partial charge in [-0.3, -0.25) is 4.79 Å². The van der Waals surface area contributed by atoms with Gasteiger partial charge in [-0.2, -0.15) is 0 Å². The molecule has 0 aromatic carbocycles. The van der Waals surface area contributed by atoms with Crippen molar-refractivity contribution in [3.05, 3.63) is 0 Å². The van der Waals surface area contributed by atoms with Gasteiger partial charge in [0, 0.05) is 11.7 Å². The molecule has 1 saturated carbocycles. The molecule has 0 radical (unpaired) electrons. The van der Waals surface area contributed by atoms with E-state index in [9.17, 15) is 9.59 Å². The maximum atomic E-state index is 12.5. The molecule has 6 heteroatoms. The number of thioether (sulfide) groups is 1. The summed E-state index contributed by atoms with van der Waals surface area (Å²) in [5.74, 6) is 0.275. The van der Waals surface area contributed by atoms with Gasteiger partial charge in [0.15, 0.2) is 0 Å². The molecular weight excluding hydrogens is 252 g/mol. The summed E-state index contributed by atoms with van der Waals surface area (Å²) in [6, 6.07) is -0.650. The molecule has 0 aromatic heterocycles. The standard InChI is InChI=1S/C12H20N2O3S/c13-5-8-3-1-2-4-9(8)11(15)14-7-18-6-10(14)12(16)17/h8-10H,1-7,13H2,(H,16,17)/t8?,9?,10-/m0/s1. The summed E-state index contributed by atoms with van der Waals surface area (Å²) in [7, 11) is 0. The molecule has 3 atom stereocenters. The second-order valence-electron chi connectivity index (χ2n) is 5.05. The highest BCUT2D eigenvalue weighted by molar-refractivity contribution is 7.99. The van der Waals surface area contributed by atoms with Gasteiger partial charge in [0.25, 0.3) is 0 Å². The van der Waals surface area contributed by atoms with Crippen LogP contribution < -0.4 is 5.73 Å². The van der Waals surface area contributed by atoms with Gasteiger partial charge in [0.2, 0.25) is 5.91 Å². The molecule has 102 valence electrons. The first kappa shape index (κ1) is 13.7. The van der Waals surface area contributed by atoms with Crippen molar-refractivity contribution in [3.8, 4) is 0 Å². The Labute approximate surface area is 111 Å². The van der Waals surface area contributed by atoms with Crippen LogP contribution in [0, 0.1) is 11.8 Å². The van der Waals surface area contributed by atoms with Gasteiger partial charge in [-0.15, -0.1) is 11.8 Å². The van der Waals surface area contributed by atoms with Crippen LogP contribution in [-0.4, -0.2) is 46.1 Å². The maximum Gasteiger partial charge on any atom is 0.327 e. The van der Waals surface area contributed by atoms with Crippen LogP contribution in [0.2, 0.25) is 0 Å². The minimum Gasteiger partial charge on any atom is -0.480 e. The maximum absolute atomic E-state index is 12.5. The second-order valence-corrected chi connectivity index (χ2v) is 6.05. The molecule has 1 amide bonds. The summed E-state index contributed by atoms with van der Waals surface area (Å²) in [5, 5.41) is 9.12. The van der Waals surface area contributed by atoms with Crippen molar-refractivity contribution in [3.63, 3.8) is 0 Å². The van der Waals surface area contributed by atoms with E-state index in [1.165, 1.54) is 16.7 Å². The molecule has 0 spiro atoms. The zero-order valence-corrected chi connectivity index (χ0v) is 11.2. The monoisotopic (exact) mass is 272 g/mol. The number of amides is 1. The summed E-state index contributed by atoms with van der Waals surface area (Å²) in [6.45, 7) is 0.523. The van der Waals surface area contributed by atoms with Crippen LogP contribution in [0.5, 0.6) is 0 Å². The van der Waals surface area contributed by atoms with Gasteiger partial charge < -0.3 is 15.7 Å². The lowest BCUT2D eigenvalue weighted by atomic mass is 9.78. The van der Waals surface area contributed by atoms with Crippen molar-refractivity contribution in [1.29, 1.82) is 0 Å². The molecule has 2 unspecified atom stereocenters. The van der Waals surface area contributed by atoms with E-state index in [2.05, 4.69) is 0 Å². The Hall–Kier alpha value is -0.750. The third-order valence-corrected chi connectivity index (χ3v) is 4.99. The molecule has 1 heterocycles. The summed E-state index contributed by atoms with van der Waals surface area (Å²) in [4.78, 5) is 25.1. The van der Waals surface area contributed by atoms with Crippen LogP contribution in [0.15, 0.2) is 0 Å². The third-order valence-electron chi connectivity index (χ3n) is 3.98. The Balaban J connectivity index is 2.07. The fourth-order valence-corrected chi connectivity index (χ4v) is 4.05.